The maximum atomic E-state index is 13.0. The number of nitrogens with zero attached hydrogens (tertiary/aromatic N) is 2. The van der Waals surface area contributed by atoms with Crippen LogP contribution in [0.5, 0.6) is 0 Å². The van der Waals surface area contributed by atoms with Gasteiger partial charge in [0, 0.05) is 26.3 Å². The molecule has 0 fully saturated rings. The molecule has 0 saturated carbocycles. The third-order valence-corrected chi connectivity index (χ3v) is 2.47. The molecular formula is C12H15FN2O3. The molecule has 98 valence electrons. The molecule has 0 radical (unpaired) electrons. The first kappa shape index (κ1) is 14.0. The van der Waals surface area contributed by atoms with E-state index in [1.165, 1.54) is 42.1 Å². The van der Waals surface area contributed by atoms with Crippen molar-refractivity contribution in [1.29, 1.82) is 0 Å². The highest BCUT2D eigenvalue weighted by Crippen LogP contribution is 2.15. The second kappa shape index (κ2) is 6.00. The maximum absolute atomic E-state index is 13.0. The zero-order chi connectivity index (χ0) is 13.7. The van der Waals surface area contributed by atoms with E-state index in [1.54, 1.807) is 6.07 Å². The summed E-state index contributed by atoms with van der Waals surface area (Å²) in [6.07, 6.45) is -0.126. The summed E-state index contributed by atoms with van der Waals surface area (Å²) in [6, 6.07) is 5.25. The largest absolute Gasteiger partial charge is 0.481 e. The van der Waals surface area contributed by atoms with Crippen molar-refractivity contribution < 1.29 is 19.1 Å². The average molecular weight is 254 g/mol. The first-order valence-corrected chi connectivity index (χ1v) is 5.38. The number of hydrogen-bond donors (Lipinski definition) is 1. The Kier molecular flexibility index (Phi) is 4.65. The Morgan fingerprint density at radius 1 is 1.33 bits per heavy atom. The molecule has 0 saturated heterocycles. The Labute approximate surface area is 104 Å². The predicted octanol–water partition coefficient (Wildman–Crippen LogP) is 1.79. The summed E-state index contributed by atoms with van der Waals surface area (Å²) < 4.78 is 13.0. The Morgan fingerprint density at radius 3 is 2.56 bits per heavy atom. The monoisotopic (exact) mass is 254 g/mol. The van der Waals surface area contributed by atoms with Gasteiger partial charge in [-0.15, -0.1) is 0 Å². The summed E-state index contributed by atoms with van der Waals surface area (Å²) in [5, 5.41) is 8.54. The average Bonchev–Trinajstić information content (AvgIpc) is 2.34. The van der Waals surface area contributed by atoms with Crippen LogP contribution in [-0.4, -0.2) is 42.6 Å². The summed E-state index contributed by atoms with van der Waals surface area (Å²) in [7, 11) is 3.01. The van der Waals surface area contributed by atoms with Crippen molar-refractivity contribution in [3.05, 3.63) is 30.1 Å². The van der Waals surface area contributed by atoms with Crippen molar-refractivity contribution in [2.45, 2.75) is 6.42 Å². The first-order chi connectivity index (χ1) is 8.41. The highest BCUT2D eigenvalue weighted by atomic mass is 19.1. The SMILES string of the molecule is CN(CCC(=O)O)C(=O)N(C)c1cccc(F)c1. The van der Waals surface area contributed by atoms with Crippen LogP contribution in [0.15, 0.2) is 24.3 Å². The van der Waals surface area contributed by atoms with E-state index in [0.717, 1.165) is 0 Å². The number of urea groups is 1. The predicted molar refractivity (Wildman–Crippen MR) is 65.1 cm³/mol. The van der Waals surface area contributed by atoms with Gasteiger partial charge in [0.25, 0.3) is 0 Å². The van der Waals surface area contributed by atoms with Gasteiger partial charge < -0.3 is 10.0 Å². The lowest BCUT2D eigenvalue weighted by atomic mass is 10.3. The number of benzene rings is 1. The van der Waals surface area contributed by atoms with Crippen LogP contribution in [0.2, 0.25) is 0 Å². The Bertz CT molecular complexity index is 451. The van der Waals surface area contributed by atoms with Crippen molar-refractivity contribution in [2.75, 3.05) is 25.5 Å². The number of aliphatic carboxylic acids is 1. The van der Waals surface area contributed by atoms with Gasteiger partial charge in [0.2, 0.25) is 0 Å². The van der Waals surface area contributed by atoms with E-state index in [4.69, 9.17) is 5.11 Å². The van der Waals surface area contributed by atoms with E-state index in [9.17, 15) is 14.0 Å². The third kappa shape index (κ3) is 3.73. The third-order valence-electron chi connectivity index (χ3n) is 2.47. The Morgan fingerprint density at radius 2 is 2.00 bits per heavy atom. The normalized spacial score (nSPS) is 9.94. The lowest BCUT2D eigenvalue weighted by Crippen LogP contribution is -2.39. The molecule has 0 spiro atoms. The number of carbonyl (C=O) groups excluding carboxylic acids is 1. The first-order valence-electron chi connectivity index (χ1n) is 5.38. The fourth-order valence-corrected chi connectivity index (χ4v) is 1.41. The minimum Gasteiger partial charge on any atom is -0.481 e. The highest BCUT2D eigenvalue weighted by Gasteiger charge is 2.16. The summed E-state index contributed by atoms with van der Waals surface area (Å²) in [5.41, 5.74) is 0.419. The standard InChI is InChI=1S/C12H15FN2O3/c1-14(7-6-11(16)17)12(18)15(2)10-5-3-4-9(13)8-10/h3-5,8H,6-7H2,1-2H3,(H,16,17). The summed E-state index contributed by atoms with van der Waals surface area (Å²) >= 11 is 0. The number of halogens is 1. The van der Waals surface area contributed by atoms with Crippen LogP contribution in [0.1, 0.15) is 6.42 Å². The number of carboxylic acids is 1. The molecule has 0 atom stereocenters. The molecule has 1 rings (SSSR count). The molecule has 0 unspecified atom stereocenters. The number of carbonyl (C=O) groups is 2. The van der Waals surface area contributed by atoms with E-state index >= 15 is 0 Å². The molecule has 0 aromatic heterocycles. The molecule has 0 bridgehead atoms. The molecule has 18 heavy (non-hydrogen) atoms. The molecule has 1 aromatic rings. The quantitative estimate of drug-likeness (QED) is 0.891. The molecule has 0 aliphatic rings. The molecule has 0 heterocycles. The lowest BCUT2D eigenvalue weighted by Gasteiger charge is -2.24. The topological polar surface area (TPSA) is 60.9 Å². The van der Waals surface area contributed by atoms with Crippen LogP contribution in [0, 0.1) is 5.82 Å². The van der Waals surface area contributed by atoms with Gasteiger partial charge in [-0.3, -0.25) is 9.69 Å². The van der Waals surface area contributed by atoms with Crippen LogP contribution >= 0.6 is 0 Å². The van der Waals surface area contributed by atoms with E-state index in [1.807, 2.05) is 0 Å². The zero-order valence-corrected chi connectivity index (χ0v) is 10.3. The molecule has 6 heteroatoms. The van der Waals surface area contributed by atoms with Crippen LogP contribution in [-0.2, 0) is 4.79 Å². The summed E-state index contributed by atoms with van der Waals surface area (Å²) in [5.74, 6) is -1.40. The van der Waals surface area contributed by atoms with Crippen molar-refractivity contribution in [2.24, 2.45) is 0 Å². The maximum Gasteiger partial charge on any atom is 0.323 e. The van der Waals surface area contributed by atoms with Crippen molar-refractivity contribution in [3.63, 3.8) is 0 Å². The number of amides is 2. The second-order valence-electron chi connectivity index (χ2n) is 3.89. The Balaban J connectivity index is 2.68. The summed E-state index contributed by atoms with van der Waals surface area (Å²) in [6.45, 7) is 0.105. The van der Waals surface area contributed by atoms with Gasteiger partial charge in [-0.2, -0.15) is 0 Å². The lowest BCUT2D eigenvalue weighted by molar-refractivity contribution is -0.137. The molecular weight excluding hydrogens is 239 g/mol. The zero-order valence-electron chi connectivity index (χ0n) is 10.3. The van der Waals surface area contributed by atoms with E-state index in [2.05, 4.69) is 0 Å². The van der Waals surface area contributed by atoms with Crippen LogP contribution < -0.4 is 4.90 Å². The number of anilines is 1. The van der Waals surface area contributed by atoms with E-state index in [0.29, 0.717) is 5.69 Å². The van der Waals surface area contributed by atoms with Gasteiger partial charge in [0.1, 0.15) is 5.82 Å². The van der Waals surface area contributed by atoms with Gasteiger partial charge >= 0.3 is 12.0 Å². The molecule has 2 amide bonds. The van der Waals surface area contributed by atoms with Gasteiger partial charge in [0.05, 0.1) is 6.42 Å². The molecule has 5 nitrogen and oxygen atoms in total. The van der Waals surface area contributed by atoms with Gasteiger partial charge in [-0.25, -0.2) is 9.18 Å². The molecule has 1 N–H and O–H groups in total. The van der Waals surface area contributed by atoms with Gasteiger partial charge in [-0.05, 0) is 18.2 Å². The van der Waals surface area contributed by atoms with Crippen molar-refractivity contribution >= 4 is 17.7 Å². The second-order valence-corrected chi connectivity index (χ2v) is 3.89. The van der Waals surface area contributed by atoms with Crippen LogP contribution in [0.4, 0.5) is 14.9 Å². The summed E-state index contributed by atoms with van der Waals surface area (Å²) in [4.78, 5) is 24.9. The van der Waals surface area contributed by atoms with Crippen LogP contribution in [0.3, 0.4) is 0 Å². The molecule has 1 aromatic carbocycles. The number of carboxylic acid groups (broad SMARTS) is 1. The molecule has 0 aliphatic carbocycles. The minimum atomic E-state index is -0.969. The number of hydrogen-bond acceptors (Lipinski definition) is 2. The fourth-order valence-electron chi connectivity index (χ4n) is 1.41. The number of rotatable bonds is 4. The van der Waals surface area contributed by atoms with Gasteiger partial charge in [-0.1, -0.05) is 6.07 Å². The van der Waals surface area contributed by atoms with Crippen molar-refractivity contribution in [3.8, 4) is 0 Å². The van der Waals surface area contributed by atoms with E-state index < -0.39 is 11.8 Å². The van der Waals surface area contributed by atoms with Gasteiger partial charge in [0.15, 0.2) is 0 Å². The van der Waals surface area contributed by atoms with E-state index in [-0.39, 0.29) is 19.0 Å². The van der Waals surface area contributed by atoms with Crippen molar-refractivity contribution in [1.82, 2.24) is 4.90 Å². The fraction of sp³-hybridized carbons (Fsp3) is 0.333. The minimum absolute atomic E-state index is 0.105. The smallest absolute Gasteiger partial charge is 0.323 e. The van der Waals surface area contributed by atoms with Crippen LogP contribution in [0.25, 0.3) is 0 Å². The molecule has 0 aliphatic heterocycles. The highest BCUT2D eigenvalue weighted by molar-refractivity contribution is 5.91. The Hall–Kier alpha value is -2.11.